The summed E-state index contributed by atoms with van der Waals surface area (Å²) in [5.41, 5.74) is 1.28. The van der Waals surface area contributed by atoms with Gasteiger partial charge in [-0.25, -0.2) is 0 Å². The van der Waals surface area contributed by atoms with Crippen LogP contribution in [0.1, 0.15) is 55.7 Å². The van der Waals surface area contributed by atoms with E-state index in [1.165, 1.54) is 12.8 Å². The Hall–Kier alpha value is -2.24. The van der Waals surface area contributed by atoms with Crippen molar-refractivity contribution >= 4 is 5.91 Å². The van der Waals surface area contributed by atoms with Crippen LogP contribution in [0.5, 0.6) is 0 Å². The van der Waals surface area contributed by atoms with Crippen molar-refractivity contribution in [1.82, 2.24) is 25.5 Å². The lowest BCUT2D eigenvalue weighted by Crippen LogP contribution is -2.33. The highest BCUT2D eigenvalue weighted by Gasteiger charge is 2.16. The van der Waals surface area contributed by atoms with Crippen LogP contribution in [-0.2, 0) is 0 Å². The van der Waals surface area contributed by atoms with Gasteiger partial charge in [0.2, 0.25) is 0 Å². The first-order valence-electron chi connectivity index (χ1n) is 7.78. The van der Waals surface area contributed by atoms with Crippen molar-refractivity contribution in [2.45, 2.75) is 52.5 Å². The van der Waals surface area contributed by atoms with E-state index < -0.39 is 0 Å². The van der Waals surface area contributed by atoms with E-state index in [9.17, 15) is 4.79 Å². The summed E-state index contributed by atoms with van der Waals surface area (Å²) in [5, 5.41) is 14.5. The zero-order valence-corrected chi connectivity index (χ0v) is 13.4. The highest BCUT2D eigenvalue weighted by molar-refractivity contribution is 5.97. The van der Waals surface area contributed by atoms with E-state index in [-0.39, 0.29) is 11.9 Å². The fourth-order valence-corrected chi connectivity index (χ4v) is 2.38. The van der Waals surface area contributed by atoms with E-state index in [4.69, 9.17) is 0 Å². The summed E-state index contributed by atoms with van der Waals surface area (Å²) in [5.74, 6) is 0.561. The van der Waals surface area contributed by atoms with E-state index in [1.807, 2.05) is 32.0 Å². The van der Waals surface area contributed by atoms with Crippen LogP contribution in [0.25, 0.3) is 5.69 Å². The van der Waals surface area contributed by atoms with Gasteiger partial charge in [0.15, 0.2) is 5.82 Å². The highest BCUT2D eigenvalue weighted by Crippen LogP contribution is 2.15. The molecular weight excluding hydrogens is 278 g/mol. The summed E-state index contributed by atoms with van der Waals surface area (Å²) < 4.78 is 1.58. The third-order valence-electron chi connectivity index (χ3n) is 3.62. The molecule has 1 N–H and O–H groups in total. The molecule has 1 unspecified atom stereocenters. The van der Waals surface area contributed by atoms with Crippen molar-refractivity contribution in [3.05, 3.63) is 35.7 Å². The average molecular weight is 301 g/mol. The quantitative estimate of drug-likeness (QED) is 0.798. The second-order valence-electron chi connectivity index (χ2n) is 5.53. The second-order valence-corrected chi connectivity index (χ2v) is 5.53. The topological polar surface area (TPSA) is 72.7 Å². The van der Waals surface area contributed by atoms with Crippen LogP contribution in [0.3, 0.4) is 0 Å². The molecule has 0 bridgehead atoms. The van der Waals surface area contributed by atoms with Gasteiger partial charge < -0.3 is 5.32 Å². The zero-order valence-electron chi connectivity index (χ0n) is 13.4. The van der Waals surface area contributed by atoms with Crippen molar-refractivity contribution in [2.24, 2.45) is 0 Å². The summed E-state index contributed by atoms with van der Waals surface area (Å²) in [6.45, 7) is 6.02. The van der Waals surface area contributed by atoms with Gasteiger partial charge in [0.25, 0.3) is 5.91 Å². The number of rotatable bonds is 7. The fourth-order valence-electron chi connectivity index (χ4n) is 2.38. The number of nitrogens with zero attached hydrogens (tertiary/aromatic N) is 4. The Bertz CT molecular complexity index is 623. The van der Waals surface area contributed by atoms with Crippen LogP contribution in [0.2, 0.25) is 0 Å². The number of hydrogen-bond donors (Lipinski definition) is 1. The van der Waals surface area contributed by atoms with Gasteiger partial charge in [-0.1, -0.05) is 38.3 Å². The molecule has 0 saturated heterocycles. The van der Waals surface area contributed by atoms with Gasteiger partial charge in [-0.3, -0.25) is 4.79 Å². The third-order valence-corrected chi connectivity index (χ3v) is 3.62. The number of aryl methyl sites for hydroxylation is 1. The molecule has 22 heavy (non-hydrogen) atoms. The van der Waals surface area contributed by atoms with E-state index in [0.717, 1.165) is 12.8 Å². The molecule has 1 aromatic carbocycles. The number of para-hydroxylation sites is 1. The smallest absolute Gasteiger partial charge is 0.253 e. The van der Waals surface area contributed by atoms with Gasteiger partial charge in [0.1, 0.15) is 0 Å². The van der Waals surface area contributed by atoms with Crippen LogP contribution in [-0.4, -0.2) is 32.2 Å². The molecule has 6 heteroatoms. The highest BCUT2D eigenvalue weighted by atomic mass is 16.1. The first kappa shape index (κ1) is 16.1. The van der Waals surface area contributed by atoms with Crippen LogP contribution in [0.15, 0.2) is 24.3 Å². The molecule has 118 valence electrons. The molecule has 0 aliphatic rings. The molecule has 2 aromatic rings. The van der Waals surface area contributed by atoms with Gasteiger partial charge in [-0.05, 0) is 42.8 Å². The number of carbonyl (C=O) groups is 1. The number of benzene rings is 1. The predicted octanol–water partition coefficient (Wildman–Crippen LogP) is 2.67. The van der Waals surface area contributed by atoms with Crippen molar-refractivity contribution in [3.8, 4) is 5.69 Å². The summed E-state index contributed by atoms with van der Waals surface area (Å²) in [6.07, 6.45) is 4.50. The van der Waals surface area contributed by atoms with Gasteiger partial charge in [-0.2, -0.15) is 4.68 Å². The molecular formula is C16H23N5O. The van der Waals surface area contributed by atoms with Crippen molar-refractivity contribution in [3.63, 3.8) is 0 Å². The van der Waals surface area contributed by atoms with E-state index in [1.54, 1.807) is 10.7 Å². The minimum atomic E-state index is -0.0884. The number of amides is 1. The Morgan fingerprint density at radius 3 is 2.77 bits per heavy atom. The molecule has 0 aliphatic heterocycles. The minimum Gasteiger partial charge on any atom is -0.350 e. The van der Waals surface area contributed by atoms with Gasteiger partial charge >= 0.3 is 0 Å². The summed E-state index contributed by atoms with van der Waals surface area (Å²) in [4.78, 5) is 12.5. The lowest BCUT2D eigenvalue weighted by Gasteiger charge is -2.15. The number of aromatic nitrogens is 4. The van der Waals surface area contributed by atoms with E-state index >= 15 is 0 Å². The number of tetrazole rings is 1. The van der Waals surface area contributed by atoms with Crippen LogP contribution < -0.4 is 5.32 Å². The summed E-state index contributed by atoms with van der Waals surface area (Å²) in [6, 6.07) is 7.52. The SMILES string of the molecule is CCCCCC(C)NC(=O)c1ccccc1-n1nnnc1C. The molecule has 0 saturated carbocycles. The Kier molecular flexibility index (Phi) is 5.63. The van der Waals surface area contributed by atoms with Crippen LogP contribution >= 0.6 is 0 Å². The normalized spacial score (nSPS) is 12.1. The molecule has 6 nitrogen and oxygen atoms in total. The van der Waals surface area contributed by atoms with Gasteiger partial charge in [-0.15, -0.1) is 5.10 Å². The van der Waals surface area contributed by atoms with Crippen LogP contribution in [0, 0.1) is 6.92 Å². The molecule has 1 aromatic heterocycles. The van der Waals surface area contributed by atoms with E-state index in [2.05, 4.69) is 27.8 Å². The molecule has 0 aliphatic carbocycles. The maximum absolute atomic E-state index is 12.5. The zero-order chi connectivity index (χ0) is 15.9. The predicted molar refractivity (Wildman–Crippen MR) is 85.0 cm³/mol. The van der Waals surface area contributed by atoms with Crippen molar-refractivity contribution < 1.29 is 4.79 Å². The number of carbonyl (C=O) groups excluding carboxylic acids is 1. The fraction of sp³-hybridized carbons (Fsp3) is 0.500. The summed E-state index contributed by atoms with van der Waals surface area (Å²) >= 11 is 0. The van der Waals surface area contributed by atoms with Crippen molar-refractivity contribution in [2.75, 3.05) is 0 Å². The standard InChI is InChI=1S/C16H23N5O/c1-4-5-6-9-12(2)17-16(22)14-10-7-8-11-15(14)21-13(3)18-19-20-21/h7-8,10-12H,4-6,9H2,1-3H3,(H,17,22). The lowest BCUT2D eigenvalue weighted by molar-refractivity contribution is 0.0937. The molecule has 0 fully saturated rings. The van der Waals surface area contributed by atoms with Gasteiger partial charge in [0.05, 0.1) is 11.3 Å². The molecule has 1 heterocycles. The Balaban J connectivity index is 2.12. The third kappa shape index (κ3) is 3.90. The van der Waals surface area contributed by atoms with Crippen LogP contribution in [0.4, 0.5) is 0 Å². The Morgan fingerprint density at radius 2 is 2.09 bits per heavy atom. The maximum Gasteiger partial charge on any atom is 0.253 e. The molecule has 1 atom stereocenters. The Labute approximate surface area is 130 Å². The molecule has 0 spiro atoms. The number of nitrogens with one attached hydrogen (secondary N) is 1. The summed E-state index contributed by atoms with van der Waals surface area (Å²) in [7, 11) is 0. The average Bonchev–Trinajstić information content (AvgIpc) is 2.93. The maximum atomic E-state index is 12.5. The number of hydrogen-bond acceptors (Lipinski definition) is 4. The minimum absolute atomic E-state index is 0.0884. The van der Waals surface area contributed by atoms with Crippen molar-refractivity contribution in [1.29, 1.82) is 0 Å². The second kappa shape index (κ2) is 7.68. The first-order chi connectivity index (χ1) is 10.6. The Morgan fingerprint density at radius 1 is 1.32 bits per heavy atom. The molecule has 1 amide bonds. The molecule has 0 radical (unpaired) electrons. The first-order valence-corrected chi connectivity index (χ1v) is 7.78. The number of unbranched alkanes of at least 4 members (excludes halogenated alkanes) is 2. The monoisotopic (exact) mass is 301 g/mol. The lowest BCUT2D eigenvalue weighted by atomic mass is 10.1. The van der Waals surface area contributed by atoms with E-state index in [0.29, 0.717) is 17.1 Å². The van der Waals surface area contributed by atoms with Gasteiger partial charge in [0, 0.05) is 6.04 Å². The largest absolute Gasteiger partial charge is 0.350 e. The molecule has 2 rings (SSSR count).